The van der Waals surface area contributed by atoms with Crippen molar-refractivity contribution >= 4 is 12.0 Å². The van der Waals surface area contributed by atoms with Gasteiger partial charge in [0.25, 0.3) is 6.43 Å². The second-order valence-electron chi connectivity index (χ2n) is 4.66. The lowest BCUT2D eigenvalue weighted by atomic mass is 9.93. The second kappa shape index (κ2) is 6.65. The molecule has 0 fully saturated rings. The third-order valence-electron chi connectivity index (χ3n) is 3.36. The smallest absolute Gasteiger partial charge is 0.335 e. The Balaban J connectivity index is 0.00000106. The van der Waals surface area contributed by atoms with Gasteiger partial charge in [0.1, 0.15) is 5.75 Å². The molecule has 1 N–H and O–H groups in total. The molecule has 6 heteroatoms. The Labute approximate surface area is 121 Å². The normalized spacial score (nSPS) is 16.4. The molecule has 0 aliphatic carbocycles. The third-order valence-corrected chi connectivity index (χ3v) is 3.36. The minimum absolute atomic E-state index is 0.346. The average Bonchev–Trinajstić information content (AvgIpc) is 2.45. The minimum atomic E-state index is -2.88. The van der Waals surface area contributed by atoms with E-state index >= 15 is 0 Å². The molecule has 1 atom stereocenters. The Bertz CT molecular complexity index is 580. The van der Waals surface area contributed by atoms with Gasteiger partial charge in [0.05, 0.1) is 12.8 Å². The van der Waals surface area contributed by atoms with Gasteiger partial charge < -0.3 is 9.84 Å². The Morgan fingerprint density at radius 2 is 1.81 bits per heavy atom. The number of hydrogen-bond acceptors (Lipinski definition) is 2. The largest absolute Gasteiger partial charge is 0.479 e. The van der Waals surface area contributed by atoms with E-state index in [9.17, 15) is 18.0 Å². The monoisotopic (exact) mass is 302 g/mol. The van der Waals surface area contributed by atoms with Crippen molar-refractivity contribution in [2.45, 2.75) is 33.3 Å². The second-order valence-corrected chi connectivity index (χ2v) is 4.66. The van der Waals surface area contributed by atoms with Gasteiger partial charge in [0.2, 0.25) is 0 Å². The molecule has 1 aliphatic rings. The molecule has 1 aromatic carbocycles. The summed E-state index contributed by atoms with van der Waals surface area (Å²) >= 11 is 0. The first kappa shape index (κ1) is 17.1. The predicted molar refractivity (Wildman–Crippen MR) is 73.7 cm³/mol. The van der Waals surface area contributed by atoms with Crippen LogP contribution in [0.4, 0.5) is 13.2 Å². The third kappa shape index (κ3) is 3.20. The van der Waals surface area contributed by atoms with Crippen molar-refractivity contribution in [3.63, 3.8) is 0 Å². The molecule has 2 rings (SSSR count). The zero-order chi connectivity index (χ0) is 16.3. The Morgan fingerprint density at radius 3 is 2.29 bits per heavy atom. The lowest BCUT2D eigenvalue weighted by Crippen LogP contribution is -2.34. The number of benzene rings is 1. The van der Waals surface area contributed by atoms with Gasteiger partial charge in [0, 0.05) is 5.56 Å². The molecule has 0 saturated carbocycles. The molecule has 21 heavy (non-hydrogen) atoms. The van der Waals surface area contributed by atoms with Crippen molar-refractivity contribution in [1.29, 1.82) is 0 Å². The summed E-state index contributed by atoms with van der Waals surface area (Å²) in [6, 6.07) is 1.84. The molecule has 0 radical (unpaired) electrons. The van der Waals surface area contributed by atoms with E-state index in [1.165, 1.54) is 6.08 Å². The van der Waals surface area contributed by atoms with Gasteiger partial charge in [0.15, 0.2) is 6.10 Å². The van der Waals surface area contributed by atoms with E-state index in [0.29, 0.717) is 18.5 Å². The van der Waals surface area contributed by atoms with E-state index in [-0.39, 0.29) is 0 Å². The van der Waals surface area contributed by atoms with Crippen LogP contribution in [-0.2, 0) is 4.79 Å². The Morgan fingerprint density at radius 1 is 1.24 bits per heavy atom. The Hall–Kier alpha value is -1.98. The van der Waals surface area contributed by atoms with Crippen LogP contribution in [0.3, 0.4) is 0 Å². The highest BCUT2D eigenvalue weighted by Gasteiger charge is 2.35. The van der Waals surface area contributed by atoms with Gasteiger partial charge in [-0.05, 0) is 43.5 Å². The molecule has 0 amide bonds. The van der Waals surface area contributed by atoms with Crippen molar-refractivity contribution in [3.05, 3.63) is 33.9 Å². The maximum atomic E-state index is 12.9. The van der Waals surface area contributed by atoms with Gasteiger partial charge in [-0.1, -0.05) is 6.07 Å². The standard InChI is InChI=1S/C14H14F2O3.CH3F/c1-6-4-7(2)11-9(8(6)3)5-10(14(17)18)12(19-11)13(15)16;1-2/h4-5,12-13H,1-3H3,(H,17,18);1H3. The van der Waals surface area contributed by atoms with E-state index in [1.54, 1.807) is 6.92 Å². The zero-order valence-electron chi connectivity index (χ0n) is 12.2. The molecule has 0 spiro atoms. The number of hydrogen-bond donors (Lipinski definition) is 1. The van der Waals surface area contributed by atoms with E-state index in [1.807, 2.05) is 19.9 Å². The van der Waals surface area contributed by atoms with Crippen molar-refractivity contribution in [3.8, 4) is 5.75 Å². The van der Waals surface area contributed by atoms with Crippen LogP contribution in [0.15, 0.2) is 11.6 Å². The fraction of sp³-hybridized carbons (Fsp3) is 0.400. The van der Waals surface area contributed by atoms with Crippen molar-refractivity contribution in [2.75, 3.05) is 7.18 Å². The first-order valence-electron chi connectivity index (χ1n) is 6.21. The molecule has 1 heterocycles. The van der Waals surface area contributed by atoms with Gasteiger partial charge >= 0.3 is 5.97 Å². The van der Waals surface area contributed by atoms with E-state index in [2.05, 4.69) is 0 Å². The maximum absolute atomic E-state index is 12.9. The predicted octanol–water partition coefficient (Wildman–Crippen LogP) is 3.69. The van der Waals surface area contributed by atoms with Gasteiger partial charge in [-0.3, -0.25) is 4.39 Å². The van der Waals surface area contributed by atoms with Crippen LogP contribution in [0.5, 0.6) is 5.75 Å². The minimum Gasteiger partial charge on any atom is -0.479 e. The summed E-state index contributed by atoms with van der Waals surface area (Å²) in [7, 11) is 0.500. The number of aryl methyl sites for hydroxylation is 2. The fourth-order valence-electron chi connectivity index (χ4n) is 2.22. The number of fused-ring (bicyclic) bond motifs is 1. The number of aliphatic carboxylic acids is 1. The molecule has 116 valence electrons. The molecule has 0 bridgehead atoms. The van der Waals surface area contributed by atoms with Gasteiger partial charge in [-0.25, -0.2) is 13.6 Å². The summed E-state index contributed by atoms with van der Waals surface area (Å²) in [6.45, 7) is 5.46. The van der Waals surface area contributed by atoms with E-state index in [4.69, 9.17) is 9.84 Å². The summed E-state index contributed by atoms with van der Waals surface area (Å²) < 4.78 is 40.5. The van der Waals surface area contributed by atoms with Crippen LogP contribution < -0.4 is 4.74 Å². The summed E-state index contributed by atoms with van der Waals surface area (Å²) in [5.74, 6) is -1.03. The van der Waals surface area contributed by atoms with Crippen LogP contribution in [0.1, 0.15) is 22.3 Å². The number of ether oxygens (including phenoxy) is 1. The van der Waals surface area contributed by atoms with E-state index in [0.717, 1.165) is 16.7 Å². The van der Waals surface area contributed by atoms with Crippen molar-refractivity contribution < 1.29 is 27.8 Å². The van der Waals surface area contributed by atoms with Crippen LogP contribution in [-0.4, -0.2) is 30.8 Å². The molecule has 1 aliphatic heterocycles. The SMILES string of the molecule is CF.Cc1cc(C)c2c(c1C)C=C(C(=O)O)C(C(F)F)O2. The highest BCUT2D eigenvalue weighted by atomic mass is 19.3. The summed E-state index contributed by atoms with van der Waals surface area (Å²) in [5.41, 5.74) is 2.70. The summed E-state index contributed by atoms with van der Waals surface area (Å²) in [6.07, 6.45) is -3.30. The van der Waals surface area contributed by atoms with Crippen LogP contribution in [0, 0.1) is 20.8 Å². The molecule has 0 aromatic heterocycles. The number of alkyl halides is 3. The molecular weight excluding hydrogens is 285 g/mol. The maximum Gasteiger partial charge on any atom is 0.335 e. The van der Waals surface area contributed by atoms with Gasteiger partial charge in [-0.2, -0.15) is 0 Å². The Kier molecular flexibility index (Phi) is 5.41. The number of rotatable bonds is 2. The van der Waals surface area contributed by atoms with Crippen LogP contribution >= 0.6 is 0 Å². The number of carboxylic acid groups (broad SMARTS) is 1. The zero-order valence-corrected chi connectivity index (χ0v) is 12.2. The van der Waals surface area contributed by atoms with Crippen molar-refractivity contribution in [1.82, 2.24) is 0 Å². The fourth-order valence-corrected chi connectivity index (χ4v) is 2.22. The van der Waals surface area contributed by atoms with Gasteiger partial charge in [-0.15, -0.1) is 0 Å². The van der Waals surface area contributed by atoms with Crippen LogP contribution in [0.2, 0.25) is 0 Å². The molecule has 1 unspecified atom stereocenters. The summed E-state index contributed by atoms with van der Waals surface area (Å²) in [4.78, 5) is 11.1. The number of halogens is 3. The van der Waals surface area contributed by atoms with E-state index < -0.39 is 24.1 Å². The van der Waals surface area contributed by atoms with Crippen molar-refractivity contribution in [2.24, 2.45) is 0 Å². The topological polar surface area (TPSA) is 46.5 Å². The number of carboxylic acids is 1. The highest BCUT2D eigenvalue weighted by Crippen LogP contribution is 2.37. The van der Waals surface area contributed by atoms with Crippen LogP contribution in [0.25, 0.3) is 6.08 Å². The molecule has 0 saturated heterocycles. The first-order chi connectivity index (χ1) is 9.82. The molecule has 1 aromatic rings. The molecule has 3 nitrogen and oxygen atoms in total. The molecular formula is C15H17F3O3. The number of carbonyl (C=O) groups is 1. The summed E-state index contributed by atoms with van der Waals surface area (Å²) in [5, 5.41) is 9.03. The highest BCUT2D eigenvalue weighted by molar-refractivity contribution is 5.95. The first-order valence-corrected chi connectivity index (χ1v) is 6.21. The quantitative estimate of drug-likeness (QED) is 0.906. The lowest BCUT2D eigenvalue weighted by molar-refractivity contribution is -0.134. The average molecular weight is 302 g/mol. The lowest BCUT2D eigenvalue weighted by Gasteiger charge is -2.27.